The Morgan fingerprint density at radius 3 is 2.95 bits per heavy atom. The van der Waals surface area contributed by atoms with E-state index >= 15 is 0 Å². The highest BCUT2D eigenvalue weighted by molar-refractivity contribution is 9.10. The van der Waals surface area contributed by atoms with Crippen LogP contribution in [0.15, 0.2) is 40.9 Å². The minimum Gasteiger partial charge on any atom is -0.488 e. The van der Waals surface area contributed by atoms with Gasteiger partial charge in [-0.15, -0.1) is 0 Å². The Morgan fingerprint density at radius 1 is 1.30 bits per heavy atom. The molecule has 0 amide bonds. The number of fused-ring (bicyclic) bond motifs is 1. The summed E-state index contributed by atoms with van der Waals surface area (Å²) in [5.74, 6) is 0.499. The van der Waals surface area contributed by atoms with Gasteiger partial charge < -0.3 is 10.1 Å². The van der Waals surface area contributed by atoms with E-state index in [1.54, 1.807) is 12.1 Å². The molecule has 0 aromatic heterocycles. The van der Waals surface area contributed by atoms with Crippen LogP contribution >= 0.6 is 27.5 Å². The lowest BCUT2D eigenvalue weighted by atomic mass is 10.1. The van der Waals surface area contributed by atoms with Gasteiger partial charge in [0, 0.05) is 16.6 Å². The molecule has 2 nitrogen and oxygen atoms in total. The molecule has 5 heteroatoms. The van der Waals surface area contributed by atoms with Crippen LogP contribution in [0.25, 0.3) is 0 Å². The van der Waals surface area contributed by atoms with Crippen molar-refractivity contribution in [2.45, 2.75) is 12.5 Å². The summed E-state index contributed by atoms with van der Waals surface area (Å²) in [7, 11) is 0. The molecule has 0 saturated carbocycles. The number of ether oxygens (including phenoxy) is 1. The van der Waals surface area contributed by atoms with E-state index in [1.165, 1.54) is 11.6 Å². The fourth-order valence-corrected chi connectivity index (χ4v) is 2.77. The van der Waals surface area contributed by atoms with E-state index in [0.29, 0.717) is 12.2 Å². The summed E-state index contributed by atoms with van der Waals surface area (Å²) in [6, 6.07) is 10.7. The lowest BCUT2D eigenvalue weighted by Gasteiger charge is -2.13. The highest BCUT2D eigenvalue weighted by Crippen LogP contribution is 2.31. The topological polar surface area (TPSA) is 21.3 Å². The van der Waals surface area contributed by atoms with Gasteiger partial charge in [-0.2, -0.15) is 0 Å². The van der Waals surface area contributed by atoms with Crippen molar-refractivity contribution in [1.29, 1.82) is 0 Å². The molecule has 0 saturated heterocycles. The van der Waals surface area contributed by atoms with Crippen molar-refractivity contribution in [3.05, 3.63) is 57.3 Å². The number of benzene rings is 2. The lowest BCUT2D eigenvalue weighted by Crippen LogP contribution is -2.23. The molecule has 0 bridgehead atoms. The van der Waals surface area contributed by atoms with Gasteiger partial charge in [-0.25, -0.2) is 4.39 Å². The minimum absolute atomic E-state index is 0.0537. The van der Waals surface area contributed by atoms with Crippen LogP contribution in [0.2, 0.25) is 5.02 Å². The zero-order valence-corrected chi connectivity index (χ0v) is 12.8. The zero-order valence-electron chi connectivity index (χ0n) is 10.5. The van der Waals surface area contributed by atoms with Gasteiger partial charge in [-0.1, -0.05) is 27.5 Å². The first-order valence-electron chi connectivity index (χ1n) is 6.26. The maximum Gasteiger partial charge on any atom is 0.143 e. The summed E-state index contributed by atoms with van der Waals surface area (Å²) >= 11 is 9.10. The number of rotatable bonds is 3. The van der Waals surface area contributed by atoms with Gasteiger partial charge in [0.05, 0.1) is 11.6 Å². The molecule has 0 radical (unpaired) electrons. The molecule has 1 atom stereocenters. The lowest BCUT2D eigenvalue weighted by molar-refractivity contribution is 0.246. The third kappa shape index (κ3) is 2.91. The molecule has 104 valence electrons. The van der Waals surface area contributed by atoms with Crippen LogP contribution in [0.4, 0.5) is 10.1 Å². The number of anilines is 1. The summed E-state index contributed by atoms with van der Waals surface area (Å²) < 4.78 is 20.2. The smallest absolute Gasteiger partial charge is 0.143 e. The Balaban J connectivity index is 1.62. The van der Waals surface area contributed by atoms with Gasteiger partial charge in [0.25, 0.3) is 0 Å². The number of hydrogen-bond donors (Lipinski definition) is 1. The Kier molecular flexibility index (Phi) is 3.85. The van der Waals surface area contributed by atoms with E-state index in [2.05, 4.69) is 27.3 Å². The molecule has 0 aliphatic carbocycles. The predicted molar refractivity (Wildman–Crippen MR) is 82.2 cm³/mol. The maximum absolute atomic E-state index is 13.3. The van der Waals surface area contributed by atoms with Crippen molar-refractivity contribution in [2.24, 2.45) is 0 Å². The molecule has 1 aliphatic rings. The van der Waals surface area contributed by atoms with Crippen molar-refractivity contribution < 1.29 is 9.13 Å². The van der Waals surface area contributed by atoms with E-state index in [9.17, 15) is 4.39 Å². The monoisotopic (exact) mass is 355 g/mol. The number of halogens is 3. The maximum atomic E-state index is 13.3. The molecular formula is C15H12BrClFNO. The Hall–Kier alpha value is -1.26. The second-order valence-electron chi connectivity index (χ2n) is 4.71. The van der Waals surface area contributed by atoms with E-state index in [4.69, 9.17) is 16.3 Å². The van der Waals surface area contributed by atoms with Gasteiger partial charge >= 0.3 is 0 Å². The van der Waals surface area contributed by atoms with E-state index in [-0.39, 0.29) is 11.1 Å². The summed E-state index contributed by atoms with van der Waals surface area (Å²) in [4.78, 5) is 0. The first-order valence-corrected chi connectivity index (χ1v) is 7.43. The predicted octanol–water partition coefficient (Wildman–Crippen LogP) is 4.66. The van der Waals surface area contributed by atoms with Crippen LogP contribution in [0.1, 0.15) is 5.56 Å². The van der Waals surface area contributed by atoms with Crippen LogP contribution in [0, 0.1) is 5.82 Å². The molecule has 0 fully saturated rings. The van der Waals surface area contributed by atoms with Gasteiger partial charge in [-0.05, 0) is 42.0 Å². The van der Waals surface area contributed by atoms with Crippen LogP contribution in [-0.4, -0.2) is 12.6 Å². The quantitative estimate of drug-likeness (QED) is 0.864. The molecule has 1 heterocycles. The minimum atomic E-state index is -0.420. The number of hydrogen-bond acceptors (Lipinski definition) is 2. The SMILES string of the molecule is Fc1cc(NCC2Cc3cc(Br)ccc3O2)ccc1Cl. The molecule has 1 aliphatic heterocycles. The van der Waals surface area contributed by atoms with E-state index in [0.717, 1.165) is 16.6 Å². The van der Waals surface area contributed by atoms with Crippen molar-refractivity contribution in [3.63, 3.8) is 0 Å². The fourth-order valence-electron chi connectivity index (χ4n) is 2.24. The first kappa shape index (κ1) is 13.7. The molecule has 2 aromatic carbocycles. The van der Waals surface area contributed by atoms with Crippen molar-refractivity contribution in [1.82, 2.24) is 0 Å². The third-order valence-corrected chi connectivity index (χ3v) is 4.02. The van der Waals surface area contributed by atoms with Gasteiger partial charge in [-0.3, -0.25) is 0 Å². The molecule has 1 N–H and O–H groups in total. The van der Waals surface area contributed by atoms with Crippen LogP contribution in [-0.2, 0) is 6.42 Å². The highest BCUT2D eigenvalue weighted by atomic mass is 79.9. The third-order valence-electron chi connectivity index (χ3n) is 3.22. The fraction of sp³-hybridized carbons (Fsp3) is 0.200. The second-order valence-corrected chi connectivity index (χ2v) is 6.03. The van der Waals surface area contributed by atoms with Crippen LogP contribution in [0.5, 0.6) is 5.75 Å². The Morgan fingerprint density at radius 2 is 2.15 bits per heavy atom. The number of nitrogens with one attached hydrogen (secondary N) is 1. The Labute approximate surface area is 130 Å². The first-order chi connectivity index (χ1) is 9.61. The van der Waals surface area contributed by atoms with E-state index in [1.807, 2.05) is 12.1 Å². The molecule has 2 aromatic rings. The van der Waals surface area contributed by atoms with Crippen molar-refractivity contribution >= 4 is 33.2 Å². The molecule has 3 rings (SSSR count). The molecular weight excluding hydrogens is 345 g/mol. The van der Waals surface area contributed by atoms with Crippen LogP contribution in [0.3, 0.4) is 0 Å². The summed E-state index contributed by atoms with van der Waals surface area (Å²) in [6.07, 6.45) is 0.899. The molecule has 0 spiro atoms. The summed E-state index contributed by atoms with van der Waals surface area (Å²) in [5, 5.41) is 3.30. The van der Waals surface area contributed by atoms with Crippen LogP contribution < -0.4 is 10.1 Å². The molecule has 20 heavy (non-hydrogen) atoms. The van der Waals surface area contributed by atoms with E-state index < -0.39 is 5.82 Å². The standard InChI is InChI=1S/C15H12BrClFNO/c16-10-1-4-15-9(5-10)6-12(20-15)8-19-11-2-3-13(17)14(18)7-11/h1-5,7,12,19H,6,8H2. The second kappa shape index (κ2) is 5.62. The average Bonchev–Trinajstić information content (AvgIpc) is 2.82. The van der Waals surface area contributed by atoms with Crippen molar-refractivity contribution in [3.8, 4) is 5.75 Å². The average molecular weight is 357 g/mol. The molecule has 1 unspecified atom stereocenters. The van der Waals surface area contributed by atoms with Gasteiger partial charge in [0.2, 0.25) is 0 Å². The van der Waals surface area contributed by atoms with Gasteiger partial charge in [0.1, 0.15) is 17.7 Å². The van der Waals surface area contributed by atoms with Gasteiger partial charge in [0.15, 0.2) is 0 Å². The zero-order chi connectivity index (χ0) is 14.1. The highest BCUT2D eigenvalue weighted by Gasteiger charge is 2.22. The summed E-state index contributed by atoms with van der Waals surface area (Å²) in [5.41, 5.74) is 1.89. The normalized spacial score (nSPS) is 16.6. The van der Waals surface area contributed by atoms with Crippen molar-refractivity contribution in [2.75, 3.05) is 11.9 Å². The largest absolute Gasteiger partial charge is 0.488 e. The Bertz CT molecular complexity index is 650. The summed E-state index contributed by atoms with van der Waals surface area (Å²) in [6.45, 7) is 0.618.